The molecule has 1 N–H and O–H groups in total. The maximum atomic E-state index is 3.48. The third-order valence-electron chi connectivity index (χ3n) is 3.73. The summed E-state index contributed by atoms with van der Waals surface area (Å²) in [7, 11) is 0. The molecule has 0 bridgehead atoms. The van der Waals surface area contributed by atoms with E-state index in [1.807, 2.05) is 6.07 Å². The zero-order valence-corrected chi connectivity index (χ0v) is 12.3. The summed E-state index contributed by atoms with van der Waals surface area (Å²) in [6.07, 6.45) is 2.12. The summed E-state index contributed by atoms with van der Waals surface area (Å²) in [6.45, 7) is 4.03. The Bertz CT molecular complexity index is 681. The van der Waals surface area contributed by atoms with Crippen molar-refractivity contribution in [2.24, 2.45) is 0 Å². The van der Waals surface area contributed by atoms with Crippen LogP contribution in [0.15, 0.2) is 72.9 Å². The zero-order chi connectivity index (χ0) is 14.5. The van der Waals surface area contributed by atoms with Gasteiger partial charge in [-0.15, -0.1) is 0 Å². The zero-order valence-electron chi connectivity index (χ0n) is 12.3. The van der Waals surface area contributed by atoms with Crippen molar-refractivity contribution in [3.05, 3.63) is 78.6 Å². The average Bonchev–Trinajstić information content (AvgIpc) is 3.02. The molecule has 0 aliphatic rings. The van der Waals surface area contributed by atoms with Gasteiger partial charge in [0.05, 0.1) is 6.54 Å². The minimum Gasteiger partial charge on any atom is -0.379 e. The maximum Gasteiger partial charge on any atom is 0.0553 e. The number of aromatic nitrogens is 1. The molecule has 0 atom stereocenters. The number of hydrogen-bond acceptors (Lipinski definition) is 1. The first kappa shape index (κ1) is 13.5. The van der Waals surface area contributed by atoms with E-state index in [-0.39, 0.29) is 0 Å². The molecule has 0 amide bonds. The fourth-order valence-electron chi connectivity index (χ4n) is 2.52. The van der Waals surface area contributed by atoms with Gasteiger partial charge in [-0.1, -0.05) is 42.5 Å². The Morgan fingerprint density at radius 1 is 0.810 bits per heavy atom. The minimum atomic E-state index is 0.853. The first-order valence-corrected chi connectivity index (χ1v) is 7.40. The van der Waals surface area contributed by atoms with Crippen LogP contribution in [0.25, 0.3) is 11.1 Å². The Labute approximate surface area is 126 Å². The molecule has 2 nitrogen and oxygen atoms in total. The number of rotatable bonds is 5. The molecule has 0 aliphatic heterocycles. The van der Waals surface area contributed by atoms with Crippen LogP contribution in [0.1, 0.15) is 12.6 Å². The second-order valence-corrected chi connectivity index (χ2v) is 5.08. The van der Waals surface area contributed by atoms with Crippen molar-refractivity contribution >= 4 is 5.69 Å². The molecular weight excluding hydrogens is 256 g/mol. The quantitative estimate of drug-likeness (QED) is 0.709. The largest absolute Gasteiger partial charge is 0.379 e. The smallest absolute Gasteiger partial charge is 0.0553 e. The van der Waals surface area contributed by atoms with Crippen LogP contribution in [0.2, 0.25) is 0 Å². The molecule has 1 aromatic heterocycles. The highest BCUT2D eigenvalue weighted by molar-refractivity contribution is 5.65. The van der Waals surface area contributed by atoms with Crippen LogP contribution in [-0.2, 0) is 13.1 Å². The minimum absolute atomic E-state index is 0.853. The third kappa shape index (κ3) is 3.16. The molecule has 21 heavy (non-hydrogen) atoms. The summed E-state index contributed by atoms with van der Waals surface area (Å²) < 4.78 is 2.26. The fourth-order valence-corrected chi connectivity index (χ4v) is 2.52. The highest BCUT2D eigenvalue weighted by atomic mass is 15.0. The van der Waals surface area contributed by atoms with E-state index in [9.17, 15) is 0 Å². The molecule has 2 aromatic carbocycles. The third-order valence-corrected chi connectivity index (χ3v) is 3.73. The number of nitrogens with zero attached hydrogens (tertiary/aromatic N) is 1. The molecule has 0 spiro atoms. The van der Waals surface area contributed by atoms with Gasteiger partial charge in [-0.25, -0.2) is 0 Å². The second-order valence-electron chi connectivity index (χ2n) is 5.08. The molecule has 3 aromatic rings. The Balaban J connectivity index is 1.68. The van der Waals surface area contributed by atoms with Crippen molar-refractivity contribution < 1.29 is 0 Å². The van der Waals surface area contributed by atoms with Crippen LogP contribution in [0, 0.1) is 0 Å². The SMILES string of the molecule is CCn1cccc1CNc1ccc(-c2ccccc2)cc1. The summed E-state index contributed by atoms with van der Waals surface area (Å²) in [5.74, 6) is 0. The predicted molar refractivity (Wildman–Crippen MR) is 89.3 cm³/mol. The van der Waals surface area contributed by atoms with E-state index in [0.29, 0.717) is 0 Å². The molecule has 0 saturated heterocycles. The highest BCUT2D eigenvalue weighted by Gasteiger charge is 2.00. The number of hydrogen-bond donors (Lipinski definition) is 1. The number of anilines is 1. The van der Waals surface area contributed by atoms with Crippen molar-refractivity contribution in [2.75, 3.05) is 5.32 Å². The van der Waals surface area contributed by atoms with E-state index in [1.54, 1.807) is 0 Å². The van der Waals surface area contributed by atoms with Crippen molar-refractivity contribution in [2.45, 2.75) is 20.0 Å². The van der Waals surface area contributed by atoms with Gasteiger partial charge in [0.15, 0.2) is 0 Å². The lowest BCUT2D eigenvalue weighted by Gasteiger charge is -2.10. The standard InChI is InChI=1S/C19H20N2/c1-2-21-14-6-9-19(21)15-20-18-12-10-17(11-13-18)16-7-4-3-5-8-16/h3-14,20H,2,15H2,1H3. The van der Waals surface area contributed by atoms with Crippen LogP contribution < -0.4 is 5.32 Å². The molecule has 2 heteroatoms. The van der Waals surface area contributed by atoms with Gasteiger partial charge in [0.25, 0.3) is 0 Å². The first-order chi connectivity index (χ1) is 10.4. The Morgan fingerprint density at radius 2 is 1.52 bits per heavy atom. The molecule has 3 rings (SSSR count). The summed E-state index contributed by atoms with van der Waals surface area (Å²) >= 11 is 0. The summed E-state index contributed by atoms with van der Waals surface area (Å²) in [5, 5.41) is 3.48. The van der Waals surface area contributed by atoms with E-state index in [1.165, 1.54) is 16.8 Å². The van der Waals surface area contributed by atoms with Gasteiger partial charge in [-0.2, -0.15) is 0 Å². The maximum absolute atomic E-state index is 3.48. The Hall–Kier alpha value is -2.48. The Morgan fingerprint density at radius 3 is 2.24 bits per heavy atom. The predicted octanol–water partition coefficient (Wildman–Crippen LogP) is 4.79. The van der Waals surface area contributed by atoms with Gasteiger partial charge in [0, 0.05) is 24.1 Å². The van der Waals surface area contributed by atoms with Gasteiger partial charge in [-0.3, -0.25) is 0 Å². The molecular formula is C19H20N2. The van der Waals surface area contributed by atoms with E-state index >= 15 is 0 Å². The molecule has 0 saturated carbocycles. The lowest BCUT2D eigenvalue weighted by atomic mass is 10.1. The number of aryl methyl sites for hydroxylation is 1. The molecule has 0 unspecified atom stereocenters. The summed E-state index contributed by atoms with van der Waals surface area (Å²) in [6, 6.07) is 23.3. The van der Waals surface area contributed by atoms with Gasteiger partial charge < -0.3 is 9.88 Å². The summed E-state index contributed by atoms with van der Waals surface area (Å²) in [4.78, 5) is 0. The molecule has 0 fully saturated rings. The average molecular weight is 276 g/mol. The molecule has 0 aliphatic carbocycles. The summed E-state index contributed by atoms with van der Waals surface area (Å²) in [5.41, 5.74) is 4.96. The number of benzene rings is 2. The van der Waals surface area contributed by atoms with Crippen LogP contribution in [0.5, 0.6) is 0 Å². The topological polar surface area (TPSA) is 17.0 Å². The van der Waals surface area contributed by atoms with E-state index < -0.39 is 0 Å². The Kier molecular flexibility index (Phi) is 4.06. The van der Waals surface area contributed by atoms with Crippen molar-refractivity contribution in [3.63, 3.8) is 0 Å². The highest BCUT2D eigenvalue weighted by Crippen LogP contribution is 2.21. The lowest BCUT2D eigenvalue weighted by molar-refractivity contribution is 0.724. The van der Waals surface area contributed by atoms with Crippen LogP contribution in [-0.4, -0.2) is 4.57 Å². The number of nitrogens with one attached hydrogen (secondary N) is 1. The van der Waals surface area contributed by atoms with Crippen LogP contribution in [0.4, 0.5) is 5.69 Å². The van der Waals surface area contributed by atoms with Gasteiger partial charge in [0.2, 0.25) is 0 Å². The van der Waals surface area contributed by atoms with E-state index in [0.717, 1.165) is 18.8 Å². The van der Waals surface area contributed by atoms with Gasteiger partial charge in [0.1, 0.15) is 0 Å². The van der Waals surface area contributed by atoms with Crippen molar-refractivity contribution in [1.82, 2.24) is 4.57 Å². The van der Waals surface area contributed by atoms with Crippen LogP contribution in [0.3, 0.4) is 0 Å². The van der Waals surface area contributed by atoms with E-state index in [4.69, 9.17) is 0 Å². The fraction of sp³-hybridized carbons (Fsp3) is 0.158. The second kappa shape index (κ2) is 6.31. The van der Waals surface area contributed by atoms with E-state index in [2.05, 4.69) is 83.7 Å². The normalized spacial score (nSPS) is 10.5. The van der Waals surface area contributed by atoms with Crippen molar-refractivity contribution in [3.8, 4) is 11.1 Å². The molecule has 0 radical (unpaired) electrons. The van der Waals surface area contributed by atoms with Gasteiger partial charge in [-0.05, 0) is 42.3 Å². The molecule has 1 heterocycles. The molecule has 106 valence electrons. The van der Waals surface area contributed by atoms with Crippen molar-refractivity contribution in [1.29, 1.82) is 0 Å². The van der Waals surface area contributed by atoms with Gasteiger partial charge >= 0.3 is 0 Å². The lowest BCUT2D eigenvalue weighted by Crippen LogP contribution is -2.05. The monoisotopic (exact) mass is 276 g/mol. The first-order valence-electron chi connectivity index (χ1n) is 7.40. The van der Waals surface area contributed by atoms with Crippen LogP contribution >= 0.6 is 0 Å².